The molecule has 3 N–H and O–H groups in total. The Morgan fingerprint density at radius 3 is 2.85 bits per heavy atom. The van der Waals surface area contributed by atoms with Crippen molar-refractivity contribution in [2.24, 2.45) is 5.92 Å². The molecule has 0 radical (unpaired) electrons. The number of pyridine rings is 1. The van der Waals surface area contributed by atoms with Gasteiger partial charge in [-0.3, -0.25) is 14.7 Å². The lowest BCUT2D eigenvalue weighted by atomic mass is 10.0. The van der Waals surface area contributed by atoms with Crippen LogP contribution in [0.1, 0.15) is 55.2 Å². The monoisotopic (exact) mass is 573 g/mol. The maximum atomic E-state index is 13.1. The highest BCUT2D eigenvalue weighted by Gasteiger charge is 2.54. The van der Waals surface area contributed by atoms with Gasteiger partial charge in [-0.15, -0.1) is 0 Å². The van der Waals surface area contributed by atoms with Crippen molar-refractivity contribution in [3.05, 3.63) is 58.5 Å². The summed E-state index contributed by atoms with van der Waals surface area (Å²) in [6.07, 6.45) is 5.56. The number of nitrogens with zero attached hydrogens (tertiary/aromatic N) is 2. The molecule has 3 aromatic rings. The van der Waals surface area contributed by atoms with Crippen molar-refractivity contribution in [3.8, 4) is 28.8 Å². The van der Waals surface area contributed by atoms with E-state index in [1.165, 1.54) is 0 Å². The number of carbonyl (C=O) groups excluding carboxylic acids is 2. The third-order valence-corrected chi connectivity index (χ3v) is 7.87. The van der Waals surface area contributed by atoms with Crippen LogP contribution in [0.4, 0.5) is 16.2 Å². The highest BCUT2D eigenvalue weighted by atomic mass is 35.5. The summed E-state index contributed by atoms with van der Waals surface area (Å²) in [6.45, 7) is 6.15. The number of anilines is 2. The third-order valence-electron chi connectivity index (χ3n) is 7.57. The normalized spacial score (nSPS) is 20.8. The van der Waals surface area contributed by atoms with E-state index in [0.29, 0.717) is 57.9 Å². The summed E-state index contributed by atoms with van der Waals surface area (Å²) < 4.78 is 11.2. The van der Waals surface area contributed by atoms with E-state index in [1.54, 1.807) is 30.5 Å². The molecule has 0 spiro atoms. The summed E-state index contributed by atoms with van der Waals surface area (Å²) in [5.74, 6) is 7.41. The number of rotatable bonds is 4. The smallest absolute Gasteiger partial charge is 0.411 e. The molecule has 1 saturated carbocycles. The fourth-order valence-corrected chi connectivity index (χ4v) is 5.94. The number of piperidine rings is 1. The molecule has 1 saturated heterocycles. The van der Waals surface area contributed by atoms with Crippen molar-refractivity contribution in [1.82, 2.24) is 20.2 Å². The van der Waals surface area contributed by atoms with Gasteiger partial charge in [-0.2, -0.15) is 0 Å². The molecule has 41 heavy (non-hydrogen) atoms. The number of fused-ring (bicyclic) bond motifs is 2. The van der Waals surface area contributed by atoms with E-state index >= 15 is 0 Å². The van der Waals surface area contributed by atoms with Crippen LogP contribution >= 0.6 is 11.6 Å². The number of methoxy groups -OCH3 is 1. The van der Waals surface area contributed by atoms with E-state index in [2.05, 4.69) is 32.4 Å². The molecule has 2 aromatic heterocycles. The molecule has 1 unspecified atom stereocenters. The Labute approximate surface area is 244 Å². The van der Waals surface area contributed by atoms with Crippen molar-refractivity contribution in [2.45, 2.75) is 57.7 Å². The lowest BCUT2D eigenvalue weighted by Gasteiger charge is -2.28. The zero-order valence-electron chi connectivity index (χ0n) is 23.4. The number of para-hydroxylation sites is 1. The molecule has 9 nitrogen and oxygen atoms in total. The van der Waals surface area contributed by atoms with Gasteiger partial charge in [0.1, 0.15) is 5.60 Å². The Balaban J connectivity index is 1.39. The summed E-state index contributed by atoms with van der Waals surface area (Å²) in [7, 11) is 1.55. The van der Waals surface area contributed by atoms with Crippen LogP contribution in [0.2, 0.25) is 5.02 Å². The number of carbonyl (C=O) groups is 2. The largest absolute Gasteiger partial charge is 0.493 e. The molecular formula is C31H32ClN5O4. The van der Waals surface area contributed by atoms with Crippen LogP contribution in [0.15, 0.2) is 36.7 Å². The van der Waals surface area contributed by atoms with Crippen molar-refractivity contribution in [1.29, 1.82) is 0 Å². The maximum absolute atomic E-state index is 13.1. The molecular weight excluding hydrogens is 542 g/mol. The lowest BCUT2D eigenvalue weighted by Crippen LogP contribution is -2.41. The van der Waals surface area contributed by atoms with E-state index in [1.807, 2.05) is 39.0 Å². The maximum Gasteiger partial charge on any atom is 0.411 e. The molecule has 3 atom stereocenters. The van der Waals surface area contributed by atoms with E-state index < -0.39 is 5.60 Å². The standard InChI is InChI=1S/C31H32ClN5O4/c1-31(2,3)41-30(39)37-19(14-18-15-24(18)37)9-8-17-16-33-12-10-20(17)26-27(25-22(35-26)11-13-34-29(25)38)36-23-7-5-6-21(32)28(23)40-4/h5-7,10,12,16,18-19,24,35-36H,11,13-15H2,1-4H3,(H,34,38)/t18-,19+,24?/m1/s1. The zero-order chi connectivity index (χ0) is 28.9. The number of H-pyrrole nitrogens is 1. The number of likely N-dealkylation sites (tertiary alicyclic amines) is 1. The second kappa shape index (κ2) is 10.3. The molecule has 3 aliphatic rings. The van der Waals surface area contributed by atoms with Crippen LogP contribution in [-0.4, -0.2) is 58.2 Å². The first-order valence-electron chi connectivity index (χ1n) is 13.7. The van der Waals surface area contributed by atoms with Crippen LogP contribution in [0.5, 0.6) is 5.75 Å². The summed E-state index contributed by atoms with van der Waals surface area (Å²) in [5, 5.41) is 6.80. The minimum Gasteiger partial charge on any atom is -0.493 e. The van der Waals surface area contributed by atoms with Crippen LogP contribution in [0.3, 0.4) is 0 Å². The topological polar surface area (TPSA) is 109 Å². The zero-order valence-corrected chi connectivity index (χ0v) is 24.2. The molecule has 0 bridgehead atoms. The van der Waals surface area contributed by atoms with Gasteiger partial charge in [-0.05, 0) is 57.7 Å². The van der Waals surface area contributed by atoms with Crippen LogP contribution < -0.4 is 15.4 Å². The van der Waals surface area contributed by atoms with E-state index in [4.69, 9.17) is 21.1 Å². The number of hydrogen-bond donors (Lipinski definition) is 3. The quantitative estimate of drug-likeness (QED) is 0.355. The minimum absolute atomic E-state index is 0.169. The van der Waals surface area contributed by atoms with E-state index in [-0.39, 0.29) is 24.1 Å². The summed E-state index contributed by atoms with van der Waals surface area (Å²) in [4.78, 5) is 35.7. The Morgan fingerprint density at radius 1 is 1.24 bits per heavy atom. The molecule has 2 aliphatic heterocycles. The van der Waals surface area contributed by atoms with E-state index in [0.717, 1.165) is 24.1 Å². The van der Waals surface area contributed by atoms with Crippen LogP contribution in [0.25, 0.3) is 11.3 Å². The fourth-order valence-electron chi connectivity index (χ4n) is 5.69. The first-order chi connectivity index (χ1) is 19.6. The Morgan fingerprint density at radius 2 is 2.07 bits per heavy atom. The Hall–Kier alpha value is -4.16. The first kappa shape index (κ1) is 27.0. The molecule has 1 aromatic carbocycles. The van der Waals surface area contributed by atoms with Gasteiger partial charge < -0.3 is 25.1 Å². The van der Waals surface area contributed by atoms with Gasteiger partial charge in [-0.25, -0.2) is 4.79 Å². The number of halogens is 1. The first-order valence-corrected chi connectivity index (χ1v) is 14.1. The molecule has 4 heterocycles. The Kier molecular flexibility index (Phi) is 6.82. The van der Waals surface area contributed by atoms with Gasteiger partial charge in [-0.1, -0.05) is 29.5 Å². The number of benzene rings is 1. The van der Waals surface area contributed by atoms with Gasteiger partial charge in [0.15, 0.2) is 5.75 Å². The van der Waals surface area contributed by atoms with Crippen molar-refractivity contribution >= 4 is 35.0 Å². The average Bonchev–Trinajstić information content (AvgIpc) is 3.42. The second-order valence-electron chi connectivity index (χ2n) is 11.6. The number of aromatic amines is 1. The number of ether oxygens (including phenoxy) is 2. The molecule has 6 rings (SSSR count). The molecule has 1 aliphatic carbocycles. The molecule has 10 heteroatoms. The van der Waals surface area contributed by atoms with Gasteiger partial charge in [0, 0.05) is 42.7 Å². The SMILES string of the molecule is COc1c(Cl)cccc1Nc1c(-c2ccncc2C#C[C@H]2C[C@@H]3CC3N2C(=O)OC(C)(C)C)[nH]c2c1C(=O)NCC2. The van der Waals surface area contributed by atoms with Crippen LogP contribution in [-0.2, 0) is 11.2 Å². The predicted molar refractivity (Wildman–Crippen MR) is 157 cm³/mol. The van der Waals surface area contributed by atoms with Gasteiger partial charge >= 0.3 is 6.09 Å². The summed E-state index contributed by atoms with van der Waals surface area (Å²) >= 11 is 6.39. The summed E-state index contributed by atoms with van der Waals surface area (Å²) in [6, 6.07) is 7.23. The highest BCUT2D eigenvalue weighted by Crippen LogP contribution is 2.48. The fraction of sp³-hybridized carbons (Fsp3) is 0.387. The number of nitrogens with one attached hydrogen (secondary N) is 3. The minimum atomic E-state index is -0.577. The molecule has 2 fully saturated rings. The van der Waals surface area contributed by atoms with Gasteiger partial charge in [0.25, 0.3) is 5.91 Å². The van der Waals surface area contributed by atoms with Crippen molar-refractivity contribution in [3.63, 3.8) is 0 Å². The van der Waals surface area contributed by atoms with Gasteiger partial charge in [0.2, 0.25) is 0 Å². The Bertz CT molecular complexity index is 1600. The predicted octanol–water partition coefficient (Wildman–Crippen LogP) is 5.52. The van der Waals surface area contributed by atoms with Gasteiger partial charge in [0.05, 0.1) is 46.4 Å². The third kappa shape index (κ3) is 5.20. The number of amides is 2. The number of aromatic nitrogens is 2. The van der Waals surface area contributed by atoms with E-state index in [9.17, 15) is 9.59 Å². The molecule has 212 valence electrons. The molecule has 2 amide bonds. The van der Waals surface area contributed by atoms with Crippen LogP contribution in [0, 0.1) is 17.8 Å². The highest BCUT2D eigenvalue weighted by molar-refractivity contribution is 6.32. The van der Waals surface area contributed by atoms with Crippen molar-refractivity contribution < 1.29 is 19.1 Å². The lowest BCUT2D eigenvalue weighted by molar-refractivity contribution is 0.0224. The number of hydrogen-bond acceptors (Lipinski definition) is 6. The second-order valence-corrected chi connectivity index (χ2v) is 12.0. The summed E-state index contributed by atoms with van der Waals surface area (Å²) in [5.41, 5.74) is 4.19. The average molecular weight is 574 g/mol. The van der Waals surface area contributed by atoms with Crippen molar-refractivity contribution in [2.75, 3.05) is 19.0 Å².